The van der Waals surface area contributed by atoms with Gasteiger partial charge in [-0.1, -0.05) is 44.1 Å². The number of Topliss-reactive ketones (excluding diaryl/α,β-unsaturated/α-hetero) is 1. The smallest absolute Gasteiger partial charge is 0.143 e. The van der Waals surface area contributed by atoms with E-state index in [1.807, 2.05) is 0 Å². The number of hydrogen-bond acceptors (Lipinski definition) is 1. The molecule has 21 heavy (non-hydrogen) atoms. The molecule has 0 N–H and O–H groups in total. The highest BCUT2D eigenvalue weighted by Gasteiger charge is 2.51. The highest BCUT2D eigenvalue weighted by molar-refractivity contribution is 5.89. The van der Waals surface area contributed by atoms with Crippen LogP contribution in [0.4, 0.5) is 0 Å². The van der Waals surface area contributed by atoms with Crippen molar-refractivity contribution in [2.75, 3.05) is 0 Å². The van der Waals surface area contributed by atoms with E-state index in [1.54, 1.807) is 11.1 Å². The topological polar surface area (TPSA) is 17.1 Å². The number of hydrogen-bond donors (Lipinski definition) is 0. The summed E-state index contributed by atoms with van der Waals surface area (Å²) < 4.78 is 0. The zero-order valence-corrected chi connectivity index (χ0v) is 14.3. The summed E-state index contributed by atoms with van der Waals surface area (Å²) in [5, 5.41) is 0. The van der Waals surface area contributed by atoms with Gasteiger partial charge in [0.25, 0.3) is 0 Å². The van der Waals surface area contributed by atoms with Gasteiger partial charge in [-0.25, -0.2) is 0 Å². The Bertz CT molecular complexity index is 510. The van der Waals surface area contributed by atoms with Crippen LogP contribution in [0.2, 0.25) is 0 Å². The van der Waals surface area contributed by atoms with Gasteiger partial charge >= 0.3 is 0 Å². The van der Waals surface area contributed by atoms with E-state index >= 15 is 0 Å². The fourth-order valence-corrected chi connectivity index (χ4v) is 5.16. The van der Waals surface area contributed by atoms with E-state index in [0.717, 1.165) is 12.8 Å². The lowest BCUT2D eigenvalue weighted by Crippen LogP contribution is -2.31. The van der Waals surface area contributed by atoms with Crippen LogP contribution in [0.15, 0.2) is 23.3 Å². The molecule has 5 atom stereocenters. The lowest BCUT2D eigenvalue weighted by Gasteiger charge is -2.35. The van der Waals surface area contributed by atoms with Crippen molar-refractivity contribution in [2.24, 2.45) is 35.0 Å². The summed E-state index contributed by atoms with van der Waals surface area (Å²) in [6, 6.07) is 0. The Labute approximate surface area is 129 Å². The first-order valence-corrected chi connectivity index (χ1v) is 8.77. The number of rotatable bonds is 1. The molecule has 1 nitrogen and oxygen atoms in total. The van der Waals surface area contributed by atoms with Crippen molar-refractivity contribution in [1.82, 2.24) is 0 Å². The standard InChI is InChI=1S/C20H30O/c1-12(2)16-10-19(21)20(5)11-17-14(4)6-8-15(17)13(3)7-9-18(16)20/h7,11-12,14-16,18H,6,8-10H2,1-5H3/b13-7-,17-11-/t14?,15?,16-,18+,20-/m0/s1. The predicted molar refractivity (Wildman–Crippen MR) is 87.9 cm³/mol. The van der Waals surface area contributed by atoms with Crippen LogP contribution in [0.1, 0.15) is 60.3 Å². The summed E-state index contributed by atoms with van der Waals surface area (Å²) >= 11 is 0. The van der Waals surface area contributed by atoms with Crippen LogP contribution >= 0.6 is 0 Å². The van der Waals surface area contributed by atoms with Crippen molar-refractivity contribution in [3.05, 3.63) is 23.3 Å². The van der Waals surface area contributed by atoms with Gasteiger partial charge in [0.2, 0.25) is 0 Å². The molecule has 116 valence electrons. The van der Waals surface area contributed by atoms with Crippen LogP contribution in [-0.4, -0.2) is 5.78 Å². The lowest BCUT2D eigenvalue weighted by molar-refractivity contribution is -0.124. The van der Waals surface area contributed by atoms with Crippen LogP contribution in [0.25, 0.3) is 0 Å². The molecule has 3 rings (SSSR count). The fraction of sp³-hybridized carbons (Fsp3) is 0.750. The zero-order chi connectivity index (χ0) is 15.4. The molecule has 0 amide bonds. The van der Waals surface area contributed by atoms with Crippen molar-refractivity contribution < 1.29 is 4.79 Å². The normalized spacial score (nSPS) is 48.0. The summed E-state index contributed by atoms with van der Waals surface area (Å²) in [5.74, 6) is 3.41. The summed E-state index contributed by atoms with van der Waals surface area (Å²) in [5.41, 5.74) is 2.90. The Hall–Kier alpha value is -0.850. The van der Waals surface area contributed by atoms with Gasteiger partial charge in [0.05, 0.1) is 0 Å². The molecule has 0 aromatic rings. The maximum Gasteiger partial charge on any atom is 0.143 e. The maximum absolute atomic E-state index is 12.8. The first-order valence-electron chi connectivity index (χ1n) is 8.77. The molecule has 0 radical (unpaired) electrons. The van der Waals surface area contributed by atoms with Gasteiger partial charge in [0.15, 0.2) is 0 Å². The minimum Gasteiger partial charge on any atom is -0.299 e. The van der Waals surface area contributed by atoms with E-state index in [2.05, 4.69) is 46.8 Å². The SMILES string of the molecule is C/C1=C/C[C@@H]2[C@H](C(C)C)CC(=O)[C@@]2(C)/C=C2/C(C)CCC12. The largest absolute Gasteiger partial charge is 0.299 e. The van der Waals surface area contributed by atoms with Gasteiger partial charge in [-0.3, -0.25) is 4.79 Å². The lowest BCUT2D eigenvalue weighted by atomic mass is 9.68. The van der Waals surface area contributed by atoms with E-state index < -0.39 is 0 Å². The molecule has 0 spiro atoms. The van der Waals surface area contributed by atoms with Gasteiger partial charge < -0.3 is 0 Å². The molecule has 3 aliphatic carbocycles. The van der Waals surface area contributed by atoms with Gasteiger partial charge in [-0.05, 0) is 56.8 Å². The van der Waals surface area contributed by atoms with Crippen molar-refractivity contribution in [3.8, 4) is 0 Å². The predicted octanol–water partition coefficient (Wildman–Crippen LogP) is 5.18. The van der Waals surface area contributed by atoms with Gasteiger partial charge in [0, 0.05) is 17.8 Å². The van der Waals surface area contributed by atoms with Gasteiger partial charge in [-0.2, -0.15) is 0 Å². The molecule has 0 aromatic carbocycles. The van der Waals surface area contributed by atoms with Gasteiger partial charge in [0.1, 0.15) is 5.78 Å². The molecule has 1 heteroatoms. The first-order chi connectivity index (χ1) is 9.84. The van der Waals surface area contributed by atoms with E-state index in [0.29, 0.717) is 35.4 Å². The van der Waals surface area contributed by atoms with E-state index in [9.17, 15) is 4.79 Å². The Morgan fingerprint density at radius 3 is 2.67 bits per heavy atom. The van der Waals surface area contributed by atoms with Crippen LogP contribution in [0, 0.1) is 35.0 Å². The number of allylic oxidation sites excluding steroid dienone is 4. The third kappa shape index (κ3) is 2.24. The third-order valence-electron chi connectivity index (χ3n) is 6.73. The second kappa shape index (κ2) is 5.11. The Balaban J connectivity index is 2.08. The van der Waals surface area contributed by atoms with Crippen LogP contribution < -0.4 is 0 Å². The van der Waals surface area contributed by atoms with E-state index in [4.69, 9.17) is 0 Å². The first kappa shape index (κ1) is 15.1. The maximum atomic E-state index is 12.8. The van der Waals surface area contributed by atoms with Crippen molar-refractivity contribution in [1.29, 1.82) is 0 Å². The molecule has 0 saturated heterocycles. The molecule has 2 unspecified atom stereocenters. The van der Waals surface area contributed by atoms with E-state index in [1.165, 1.54) is 12.8 Å². The molecular weight excluding hydrogens is 256 g/mol. The van der Waals surface area contributed by atoms with Crippen LogP contribution in [0.5, 0.6) is 0 Å². The molecule has 0 bridgehead atoms. The van der Waals surface area contributed by atoms with Crippen LogP contribution in [-0.2, 0) is 4.79 Å². The molecular formula is C20H30O. The summed E-state index contributed by atoms with van der Waals surface area (Å²) in [6.07, 6.45) is 9.33. The molecule has 0 aromatic heterocycles. The monoisotopic (exact) mass is 286 g/mol. The Kier molecular flexibility index (Phi) is 3.66. The Morgan fingerprint density at radius 2 is 2.00 bits per heavy atom. The second-order valence-electron chi connectivity index (χ2n) is 8.28. The summed E-state index contributed by atoms with van der Waals surface area (Å²) in [7, 11) is 0. The van der Waals surface area contributed by atoms with E-state index in [-0.39, 0.29) is 5.41 Å². The average molecular weight is 286 g/mol. The van der Waals surface area contributed by atoms with Crippen molar-refractivity contribution in [3.63, 3.8) is 0 Å². The number of carbonyl (C=O) groups is 1. The highest BCUT2D eigenvalue weighted by atomic mass is 16.1. The second-order valence-corrected chi connectivity index (χ2v) is 8.28. The molecule has 2 fully saturated rings. The fourth-order valence-electron chi connectivity index (χ4n) is 5.16. The summed E-state index contributed by atoms with van der Waals surface area (Å²) in [4.78, 5) is 12.8. The van der Waals surface area contributed by atoms with Gasteiger partial charge in [-0.15, -0.1) is 0 Å². The number of fused-ring (bicyclic) bond motifs is 2. The molecule has 2 saturated carbocycles. The van der Waals surface area contributed by atoms with Crippen LogP contribution in [0.3, 0.4) is 0 Å². The number of carbonyl (C=O) groups excluding carboxylic acids is 1. The van der Waals surface area contributed by atoms with Crippen molar-refractivity contribution in [2.45, 2.75) is 60.3 Å². The number of ketones is 1. The average Bonchev–Trinajstić information content (AvgIpc) is 2.87. The zero-order valence-electron chi connectivity index (χ0n) is 14.3. The minimum atomic E-state index is -0.210. The Morgan fingerprint density at radius 1 is 1.29 bits per heavy atom. The quantitative estimate of drug-likeness (QED) is 0.607. The molecule has 3 aliphatic rings. The van der Waals surface area contributed by atoms with Crippen molar-refractivity contribution >= 4 is 5.78 Å². The molecule has 0 heterocycles. The third-order valence-corrected chi connectivity index (χ3v) is 6.73. The summed E-state index contributed by atoms with van der Waals surface area (Å²) in [6.45, 7) is 11.4. The minimum absolute atomic E-state index is 0.210. The highest BCUT2D eigenvalue weighted by Crippen LogP contribution is 2.54. The molecule has 0 aliphatic heterocycles.